The molecule has 3 rings (SSSR count). The van der Waals surface area contributed by atoms with E-state index in [0.29, 0.717) is 18.1 Å². The topological polar surface area (TPSA) is 66.8 Å². The highest BCUT2D eigenvalue weighted by Gasteiger charge is 2.47. The summed E-state index contributed by atoms with van der Waals surface area (Å²) in [6, 6.07) is -0.453. The first kappa shape index (κ1) is 17.1. The molecule has 4 atom stereocenters. The van der Waals surface area contributed by atoms with E-state index < -0.39 is 12.0 Å². The average Bonchev–Trinajstić information content (AvgIpc) is 2.95. The molecule has 0 spiro atoms. The van der Waals surface area contributed by atoms with Gasteiger partial charge < -0.3 is 14.7 Å². The lowest BCUT2D eigenvalue weighted by Crippen LogP contribution is -2.47. The Balaban J connectivity index is 1.54. The summed E-state index contributed by atoms with van der Waals surface area (Å²) in [6.45, 7) is 0.830. The van der Waals surface area contributed by atoms with Gasteiger partial charge in [0, 0.05) is 18.4 Å². The molecule has 3 aliphatic rings. The molecule has 3 fully saturated rings. The van der Waals surface area contributed by atoms with E-state index in [2.05, 4.69) is 0 Å². The Kier molecular flexibility index (Phi) is 5.85. The van der Waals surface area contributed by atoms with Gasteiger partial charge in [-0.2, -0.15) is 0 Å². The molecule has 1 aliphatic carbocycles. The molecular formula is C17H27NO4S. The maximum atomic E-state index is 12.7. The monoisotopic (exact) mass is 341 g/mol. The first-order valence-electron chi connectivity index (χ1n) is 8.90. The number of fused-ring (bicyclic) bond motifs is 1. The van der Waals surface area contributed by atoms with Gasteiger partial charge >= 0.3 is 5.97 Å². The predicted molar refractivity (Wildman–Crippen MR) is 89.5 cm³/mol. The van der Waals surface area contributed by atoms with Gasteiger partial charge in [-0.15, -0.1) is 11.8 Å². The van der Waals surface area contributed by atoms with Crippen molar-refractivity contribution in [2.45, 2.75) is 69.6 Å². The Bertz CT molecular complexity index is 438. The zero-order chi connectivity index (χ0) is 16.2. The molecule has 130 valence electrons. The molecule has 5 nitrogen and oxygen atoms in total. The van der Waals surface area contributed by atoms with Crippen LogP contribution in [0.3, 0.4) is 0 Å². The molecule has 0 bridgehead atoms. The van der Waals surface area contributed by atoms with E-state index in [1.807, 2.05) is 0 Å². The van der Waals surface area contributed by atoms with Crippen molar-refractivity contribution >= 4 is 23.6 Å². The summed E-state index contributed by atoms with van der Waals surface area (Å²) in [5, 5.41) is 9.49. The number of carbonyl (C=O) groups is 2. The Hall–Kier alpha value is -0.750. The Labute approximate surface area is 142 Å². The van der Waals surface area contributed by atoms with Crippen molar-refractivity contribution in [2.24, 2.45) is 5.92 Å². The van der Waals surface area contributed by atoms with Gasteiger partial charge in [0.25, 0.3) is 0 Å². The second-order valence-electron chi connectivity index (χ2n) is 7.01. The van der Waals surface area contributed by atoms with E-state index in [0.717, 1.165) is 44.5 Å². The molecule has 2 saturated heterocycles. The molecule has 2 heterocycles. The van der Waals surface area contributed by atoms with Crippen LogP contribution in [0.2, 0.25) is 0 Å². The summed E-state index contributed by atoms with van der Waals surface area (Å²) in [5.41, 5.74) is 0. The number of ether oxygens (including phenoxy) is 1. The quantitative estimate of drug-likeness (QED) is 0.832. The van der Waals surface area contributed by atoms with Gasteiger partial charge in [0.15, 0.2) is 0 Å². The Morgan fingerprint density at radius 1 is 1.13 bits per heavy atom. The molecule has 1 saturated carbocycles. The van der Waals surface area contributed by atoms with Gasteiger partial charge in [-0.1, -0.05) is 12.8 Å². The SMILES string of the molecule is O=C(O)C1CC2CCCCC2N1C(=O)CSCC1CCCCO1. The Morgan fingerprint density at radius 2 is 1.91 bits per heavy atom. The molecule has 4 unspecified atom stereocenters. The molecule has 0 aromatic carbocycles. The van der Waals surface area contributed by atoms with Gasteiger partial charge in [-0.3, -0.25) is 4.79 Å². The van der Waals surface area contributed by atoms with Gasteiger partial charge in [-0.25, -0.2) is 4.79 Å². The fourth-order valence-electron chi connectivity index (χ4n) is 4.33. The zero-order valence-corrected chi connectivity index (χ0v) is 14.4. The lowest BCUT2D eigenvalue weighted by atomic mass is 9.85. The molecule has 23 heavy (non-hydrogen) atoms. The largest absolute Gasteiger partial charge is 0.480 e. The summed E-state index contributed by atoms with van der Waals surface area (Å²) in [4.78, 5) is 25.9. The number of rotatable bonds is 5. The molecular weight excluding hydrogens is 314 g/mol. The fraction of sp³-hybridized carbons (Fsp3) is 0.882. The molecule has 2 aliphatic heterocycles. The number of aliphatic carboxylic acids is 1. The number of hydrogen-bond acceptors (Lipinski definition) is 4. The molecule has 0 radical (unpaired) electrons. The highest BCUT2D eigenvalue weighted by Crippen LogP contribution is 2.40. The lowest BCUT2D eigenvalue weighted by Gasteiger charge is -2.33. The maximum Gasteiger partial charge on any atom is 0.326 e. The third-order valence-electron chi connectivity index (χ3n) is 5.46. The second-order valence-corrected chi connectivity index (χ2v) is 8.04. The summed E-state index contributed by atoms with van der Waals surface area (Å²) >= 11 is 1.60. The normalized spacial score (nSPS) is 34.2. The van der Waals surface area contributed by atoms with Crippen LogP contribution >= 0.6 is 11.8 Å². The summed E-state index contributed by atoms with van der Waals surface area (Å²) in [7, 11) is 0. The first-order valence-corrected chi connectivity index (χ1v) is 10.1. The minimum Gasteiger partial charge on any atom is -0.480 e. The number of amides is 1. The van der Waals surface area contributed by atoms with E-state index >= 15 is 0 Å². The number of carbonyl (C=O) groups excluding carboxylic acids is 1. The minimum absolute atomic E-state index is 0.00705. The van der Waals surface area contributed by atoms with Crippen molar-refractivity contribution in [3.05, 3.63) is 0 Å². The number of nitrogens with zero attached hydrogens (tertiary/aromatic N) is 1. The van der Waals surface area contributed by atoms with Crippen LogP contribution in [-0.4, -0.2) is 58.2 Å². The van der Waals surface area contributed by atoms with Crippen LogP contribution < -0.4 is 0 Å². The molecule has 6 heteroatoms. The second kappa shape index (κ2) is 7.88. The van der Waals surface area contributed by atoms with Gasteiger partial charge in [-0.05, 0) is 44.4 Å². The molecule has 1 amide bonds. The number of hydrogen-bond donors (Lipinski definition) is 1. The standard InChI is InChI=1S/C17H27NO4S/c19-16(11-23-10-13-6-3-4-8-22-13)18-14-7-2-1-5-12(14)9-15(18)17(20)21/h12-15H,1-11H2,(H,20,21). The van der Waals surface area contributed by atoms with Gasteiger partial charge in [0.2, 0.25) is 5.91 Å². The van der Waals surface area contributed by atoms with Crippen molar-refractivity contribution < 1.29 is 19.4 Å². The van der Waals surface area contributed by atoms with E-state index in [-0.39, 0.29) is 18.1 Å². The highest BCUT2D eigenvalue weighted by molar-refractivity contribution is 7.99. The van der Waals surface area contributed by atoms with Crippen LogP contribution in [0.15, 0.2) is 0 Å². The zero-order valence-electron chi connectivity index (χ0n) is 13.6. The molecule has 0 aromatic rings. The van der Waals surface area contributed by atoms with Crippen LogP contribution in [0.1, 0.15) is 51.4 Å². The third-order valence-corrected chi connectivity index (χ3v) is 6.52. The van der Waals surface area contributed by atoms with E-state index in [9.17, 15) is 14.7 Å². The van der Waals surface area contributed by atoms with Gasteiger partial charge in [0.05, 0.1) is 11.9 Å². The molecule has 0 aromatic heterocycles. The highest BCUT2D eigenvalue weighted by atomic mass is 32.2. The lowest BCUT2D eigenvalue weighted by molar-refractivity contribution is -0.148. The maximum absolute atomic E-state index is 12.7. The van der Waals surface area contributed by atoms with Crippen LogP contribution in [0.5, 0.6) is 0 Å². The minimum atomic E-state index is -0.839. The van der Waals surface area contributed by atoms with E-state index in [4.69, 9.17) is 4.74 Å². The van der Waals surface area contributed by atoms with Crippen LogP contribution in [0.25, 0.3) is 0 Å². The third kappa shape index (κ3) is 4.02. The number of thioether (sulfide) groups is 1. The number of likely N-dealkylation sites (tertiary alicyclic amines) is 1. The van der Waals surface area contributed by atoms with E-state index in [1.165, 1.54) is 12.8 Å². The molecule has 1 N–H and O–H groups in total. The van der Waals surface area contributed by atoms with Crippen molar-refractivity contribution in [3.8, 4) is 0 Å². The first-order chi connectivity index (χ1) is 11.2. The number of carboxylic acid groups (broad SMARTS) is 1. The van der Waals surface area contributed by atoms with Crippen molar-refractivity contribution in [2.75, 3.05) is 18.1 Å². The van der Waals surface area contributed by atoms with Crippen molar-refractivity contribution in [1.82, 2.24) is 4.90 Å². The predicted octanol–water partition coefficient (Wildman–Crippen LogP) is 2.53. The van der Waals surface area contributed by atoms with Gasteiger partial charge in [0.1, 0.15) is 6.04 Å². The van der Waals surface area contributed by atoms with Crippen molar-refractivity contribution in [1.29, 1.82) is 0 Å². The summed E-state index contributed by atoms with van der Waals surface area (Å²) in [5.74, 6) is 0.777. The van der Waals surface area contributed by atoms with E-state index in [1.54, 1.807) is 16.7 Å². The van der Waals surface area contributed by atoms with Crippen molar-refractivity contribution in [3.63, 3.8) is 0 Å². The van der Waals surface area contributed by atoms with Crippen LogP contribution in [0, 0.1) is 5.92 Å². The van der Waals surface area contributed by atoms with Crippen LogP contribution in [0.4, 0.5) is 0 Å². The fourth-order valence-corrected chi connectivity index (χ4v) is 5.30. The Morgan fingerprint density at radius 3 is 2.65 bits per heavy atom. The summed E-state index contributed by atoms with van der Waals surface area (Å²) < 4.78 is 5.69. The smallest absolute Gasteiger partial charge is 0.326 e. The summed E-state index contributed by atoms with van der Waals surface area (Å²) in [6.07, 6.45) is 8.64. The van der Waals surface area contributed by atoms with Crippen LogP contribution in [-0.2, 0) is 14.3 Å². The number of carboxylic acids is 1. The average molecular weight is 341 g/mol.